The van der Waals surface area contributed by atoms with Gasteiger partial charge in [0.05, 0.1) is 16.7 Å². The van der Waals surface area contributed by atoms with Crippen LogP contribution in [0.25, 0.3) is 0 Å². The molecule has 0 saturated carbocycles. The number of aliphatic hydroxyl groups excluding tert-OH is 1. The van der Waals surface area contributed by atoms with Gasteiger partial charge in [-0.1, -0.05) is 6.07 Å². The molecule has 11 heteroatoms. The Bertz CT molecular complexity index is 1250. The van der Waals surface area contributed by atoms with E-state index in [9.17, 15) is 27.9 Å². The smallest absolute Gasteiger partial charge is 0.330 e. The lowest BCUT2D eigenvalue weighted by molar-refractivity contribution is -0.149. The molecule has 1 saturated heterocycles. The maximum absolute atomic E-state index is 13.1. The summed E-state index contributed by atoms with van der Waals surface area (Å²) in [5.41, 5.74) is 0.754. The molecule has 3 rings (SSSR count). The molecule has 2 atom stereocenters. The van der Waals surface area contributed by atoms with Gasteiger partial charge in [0.2, 0.25) is 10.0 Å². The van der Waals surface area contributed by atoms with Crippen LogP contribution in [-0.4, -0.2) is 51.6 Å². The van der Waals surface area contributed by atoms with Crippen LogP contribution in [0.15, 0.2) is 38.8 Å². The number of aliphatic hydroxyl groups is 1. The summed E-state index contributed by atoms with van der Waals surface area (Å²) in [5, 5.41) is 10.1. The first kappa shape index (κ1) is 22.9. The number of ether oxygens (including phenoxy) is 1. The maximum Gasteiger partial charge on any atom is 0.330 e. The topological polar surface area (TPSA) is 128 Å². The Balaban J connectivity index is 1.84. The fraction of sp³-hybridized carbons (Fsp3) is 0.450. The van der Waals surface area contributed by atoms with E-state index in [1.54, 1.807) is 13.0 Å². The number of aromatic nitrogens is 2. The zero-order valence-corrected chi connectivity index (χ0v) is 18.5. The molecule has 1 aromatic heterocycles. The number of hydrogen-bond donors (Lipinski definition) is 1. The van der Waals surface area contributed by atoms with Crippen LogP contribution in [0.1, 0.15) is 23.2 Å². The van der Waals surface area contributed by atoms with E-state index in [-0.39, 0.29) is 30.2 Å². The Morgan fingerprint density at radius 1 is 1.13 bits per heavy atom. The number of benzene rings is 1. The molecule has 1 unspecified atom stereocenters. The molecular weight excluding hydrogens is 426 g/mol. The molecule has 1 aliphatic rings. The highest BCUT2D eigenvalue weighted by Crippen LogP contribution is 2.28. The van der Waals surface area contributed by atoms with Gasteiger partial charge >= 0.3 is 11.7 Å². The second-order valence-corrected chi connectivity index (χ2v) is 9.60. The molecule has 1 N–H and O–H groups in total. The standard InChI is InChI=1S/C20H25N3O7S/c1-12-5-6-16(7-13(12)2)31(28,29)23-10-15(24)9-17(23)19(26)30-11-14-8-18(25)22(4)20(27)21(14)3/h5-8,15,17,24H,9-11H2,1-4H3/t15?,17-/m0/s1. The number of aryl methyl sites for hydroxylation is 2. The monoisotopic (exact) mass is 451 g/mol. The van der Waals surface area contributed by atoms with Crippen molar-refractivity contribution < 1.29 is 23.1 Å². The minimum atomic E-state index is -4.05. The number of sulfonamides is 1. The average molecular weight is 452 g/mol. The summed E-state index contributed by atoms with van der Waals surface area (Å²) >= 11 is 0. The second kappa shape index (κ2) is 8.40. The molecule has 0 bridgehead atoms. The second-order valence-electron chi connectivity index (χ2n) is 7.71. The van der Waals surface area contributed by atoms with Gasteiger partial charge in [-0.2, -0.15) is 4.31 Å². The van der Waals surface area contributed by atoms with Crippen molar-refractivity contribution in [1.29, 1.82) is 0 Å². The number of carbonyl (C=O) groups is 1. The van der Waals surface area contributed by atoms with Crippen LogP contribution in [-0.2, 0) is 40.3 Å². The first-order chi connectivity index (χ1) is 14.4. The lowest BCUT2D eigenvalue weighted by atomic mass is 10.1. The van der Waals surface area contributed by atoms with Crippen molar-refractivity contribution in [3.63, 3.8) is 0 Å². The number of β-amino-alcohol motifs (C(OH)–C–C–N with tert-alkyl or cyclic N) is 1. The first-order valence-corrected chi connectivity index (χ1v) is 11.1. The van der Waals surface area contributed by atoms with Gasteiger partial charge in [-0.3, -0.25) is 18.7 Å². The Kier molecular flexibility index (Phi) is 6.21. The summed E-state index contributed by atoms with van der Waals surface area (Å²) in [6.45, 7) is 3.02. The third kappa shape index (κ3) is 4.34. The minimum Gasteiger partial charge on any atom is -0.458 e. The third-order valence-corrected chi connectivity index (χ3v) is 7.45. The van der Waals surface area contributed by atoms with Crippen LogP contribution in [0.2, 0.25) is 0 Å². The Labute approximate surface area is 179 Å². The van der Waals surface area contributed by atoms with Gasteiger partial charge in [0.25, 0.3) is 5.56 Å². The van der Waals surface area contributed by atoms with Gasteiger partial charge in [-0.15, -0.1) is 0 Å². The molecular formula is C20H25N3O7S. The van der Waals surface area contributed by atoms with Crippen molar-refractivity contribution in [2.24, 2.45) is 14.1 Å². The number of hydrogen-bond acceptors (Lipinski definition) is 7. The molecule has 1 aromatic carbocycles. The average Bonchev–Trinajstić information content (AvgIpc) is 3.12. The largest absolute Gasteiger partial charge is 0.458 e. The zero-order chi connectivity index (χ0) is 23.1. The fourth-order valence-corrected chi connectivity index (χ4v) is 5.14. The summed E-state index contributed by atoms with van der Waals surface area (Å²) < 4.78 is 34.5. The summed E-state index contributed by atoms with van der Waals surface area (Å²) in [5.74, 6) is -0.864. The van der Waals surface area contributed by atoms with Crippen molar-refractivity contribution in [3.05, 3.63) is 61.9 Å². The van der Waals surface area contributed by atoms with E-state index < -0.39 is 39.4 Å². The van der Waals surface area contributed by atoms with Crippen LogP contribution in [0.5, 0.6) is 0 Å². The highest BCUT2D eigenvalue weighted by Gasteiger charge is 2.44. The van der Waals surface area contributed by atoms with E-state index in [4.69, 9.17) is 4.74 Å². The number of nitrogens with zero attached hydrogens (tertiary/aromatic N) is 3. The van der Waals surface area contributed by atoms with Gasteiger partial charge in [-0.25, -0.2) is 13.2 Å². The van der Waals surface area contributed by atoms with Crippen LogP contribution < -0.4 is 11.2 Å². The molecule has 10 nitrogen and oxygen atoms in total. The lowest BCUT2D eigenvalue weighted by Crippen LogP contribution is -2.42. The molecule has 0 amide bonds. The molecule has 0 spiro atoms. The number of esters is 1. The highest BCUT2D eigenvalue weighted by atomic mass is 32.2. The van der Waals surface area contributed by atoms with Crippen LogP contribution >= 0.6 is 0 Å². The van der Waals surface area contributed by atoms with E-state index in [1.165, 1.54) is 36.9 Å². The van der Waals surface area contributed by atoms with Crippen molar-refractivity contribution in [3.8, 4) is 0 Å². The van der Waals surface area contributed by atoms with E-state index in [0.29, 0.717) is 0 Å². The highest BCUT2D eigenvalue weighted by molar-refractivity contribution is 7.89. The predicted octanol–water partition coefficient (Wildman–Crippen LogP) is -0.432. The molecule has 0 aliphatic carbocycles. The summed E-state index contributed by atoms with van der Waals surface area (Å²) in [6, 6.07) is 4.61. The molecule has 2 aromatic rings. The molecule has 31 heavy (non-hydrogen) atoms. The number of rotatable bonds is 5. The fourth-order valence-electron chi connectivity index (χ4n) is 3.43. The predicted molar refractivity (Wildman–Crippen MR) is 111 cm³/mol. The minimum absolute atomic E-state index is 0.0245. The van der Waals surface area contributed by atoms with Gasteiger partial charge in [-0.05, 0) is 37.1 Å². The van der Waals surface area contributed by atoms with Crippen molar-refractivity contribution in [2.45, 2.75) is 43.9 Å². The van der Waals surface area contributed by atoms with Crippen molar-refractivity contribution in [2.75, 3.05) is 6.54 Å². The quantitative estimate of drug-likeness (QED) is 0.611. The van der Waals surface area contributed by atoms with Gasteiger partial charge in [0.15, 0.2) is 0 Å². The lowest BCUT2D eigenvalue weighted by Gasteiger charge is -2.23. The molecule has 1 fully saturated rings. The van der Waals surface area contributed by atoms with E-state index >= 15 is 0 Å². The summed E-state index contributed by atoms with van der Waals surface area (Å²) in [7, 11) is -1.29. The van der Waals surface area contributed by atoms with Gasteiger partial charge in [0, 0.05) is 33.1 Å². The van der Waals surface area contributed by atoms with Gasteiger partial charge < -0.3 is 9.84 Å². The van der Waals surface area contributed by atoms with Crippen LogP contribution in [0.3, 0.4) is 0 Å². The normalized spacial score (nSPS) is 19.5. The van der Waals surface area contributed by atoms with E-state index in [0.717, 1.165) is 20.0 Å². The molecule has 2 heterocycles. The van der Waals surface area contributed by atoms with Gasteiger partial charge in [0.1, 0.15) is 12.6 Å². The van der Waals surface area contributed by atoms with E-state index in [1.807, 2.05) is 6.92 Å². The third-order valence-electron chi connectivity index (χ3n) is 5.58. The SMILES string of the molecule is Cc1ccc(S(=O)(=O)N2CC(O)C[C@H]2C(=O)OCc2cc(=O)n(C)c(=O)n2C)cc1C. The van der Waals surface area contributed by atoms with Crippen LogP contribution in [0, 0.1) is 13.8 Å². The number of carbonyl (C=O) groups excluding carboxylic acids is 1. The summed E-state index contributed by atoms with van der Waals surface area (Å²) in [6.07, 6.45) is -1.13. The Morgan fingerprint density at radius 3 is 2.45 bits per heavy atom. The summed E-state index contributed by atoms with van der Waals surface area (Å²) in [4.78, 5) is 36.6. The van der Waals surface area contributed by atoms with Crippen molar-refractivity contribution in [1.82, 2.24) is 13.4 Å². The molecule has 168 valence electrons. The van der Waals surface area contributed by atoms with Crippen LogP contribution in [0.4, 0.5) is 0 Å². The Hall–Kier alpha value is -2.76. The maximum atomic E-state index is 13.1. The zero-order valence-electron chi connectivity index (χ0n) is 17.7. The Morgan fingerprint density at radius 2 is 1.81 bits per heavy atom. The van der Waals surface area contributed by atoms with E-state index in [2.05, 4.69) is 0 Å². The molecule has 1 aliphatic heterocycles. The first-order valence-electron chi connectivity index (χ1n) is 9.63. The molecule has 0 radical (unpaired) electrons. The van der Waals surface area contributed by atoms with Crippen molar-refractivity contribution >= 4 is 16.0 Å².